The third-order valence-corrected chi connectivity index (χ3v) is 3.83. The van der Waals surface area contributed by atoms with Crippen LogP contribution in [0.15, 0.2) is 24.4 Å². The van der Waals surface area contributed by atoms with E-state index in [9.17, 15) is 4.79 Å². The number of halogens is 1. The zero-order chi connectivity index (χ0) is 15.2. The van der Waals surface area contributed by atoms with Gasteiger partial charge >= 0.3 is 0 Å². The molecule has 2 aromatic rings. The molecule has 0 aliphatic carbocycles. The van der Waals surface area contributed by atoms with Crippen LogP contribution in [0.2, 0.25) is 5.02 Å². The molecule has 0 spiro atoms. The summed E-state index contributed by atoms with van der Waals surface area (Å²) in [6, 6.07) is 6.07. The van der Waals surface area contributed by atoms with Crippen LogP contribution in [0.1, 0.15) is 32.3 Å². The van der Waals surface area contributed by atoms with E-state index in [2.05, 4.69) is 22.5 Å². The zero-order valence-corrected chi connectivity index (χ0v) is 13.3. The van der Waals surface area contributed by atoms with Gasteiger partial charge in [0.2, 0.25) is 5.91 Å². The second kappa shape index (κ2) is 7.48. The van der Waals surface area contributed by atoms with E-state index in [-0.39, 0.29) is 11.9 Å². The lowest BCUT2D eigenvalue weighted by molar-refractivity contribution is -0.121. The average molecular weight is 308 g/mol. The third-order valence-electron chi connectivity index (χ3n) is 3.59. The van der Waals surface area contributed by atoms with Crippen molar-refractivity contribution in [3.05, 3.63) is 35.0 Å². The maximum atomic E-state index is 11.7. The number of nitrogens with one attached hydrogen (secondary N) is 3. The maximum Gasteiger partial charge on any atom is 0.221 e. The van der Waals surface area contributed by atoms with Crippen LogP contribution in [-0.4, -0.2) is 23.5 Å². The van der Waals surface area contributed by atoms with Gasteiger partial charge in [0.25, 0.3) is 0 Å². The summed E-state index contributed by atoms with van der Waals surface area (Å²) >= 11 is 5.96. The molecule has 1 unspecified atom stereocenters. The highest BCUT2D eigenvalue weighted by atomic mass is 35.5. The summed E-state index contributed by atoms with van der Waals surface area (Å²) in [5.41, 5.74) is 2.22. The Morgan fingerprint density at radius 3 is 3.00 bits per heavy atom. The number of carbonyl (C=O) groups excluding carboxylic acids is 1. The molecule has 1 amide bonds. The lowest BCUT2D eigenvalue weighted by Gasteiger charge is -2.11. The van der Waals surface area contributed by atoms with Crippen molar-refractivity contribution in [2.75, 3.05) is 6.54 Å². The molecule has 5 heteroatoms. The molecule has 1 heterocycles. The predicted octanol–water partition coefficient (Wildman–Crippen LogP) is 3.22. The lowest BCUT2D eigenvalue weighted by Crippen LogP contribution is -2.33. The highest BCUT2D eigenvalue weighted by molar-refractivity contribution is 6.31. The van der Waals surface area contributed by atoms with Crippen LogP contribution in [0.5, 0.6) is 0 Å². The van der Waals surface area contributed by atoms with E-state index in [0.29, 0.717) is 13.0 Å². The number of amides is 1. The van der Waals surface area contributed by atoms with Crippen LogP contribution in [-0.2, 0) is 11.3 Å². The molecule has 1 aromatic carbocycles. The van der Waals surface area contributed by atoms with Crippen LogP contribution >= 0.6 is 11.6 Å². The fourth-order valence-corrected chi connectivity index (χ4v) is 2.35. The van der Waals surface area contributed by atoms with Gasteiger partial charge in [0.15, 0.2) is 0 Å². The largest absolute Gasteiger partial charge is 0.361 e. The molecule has 0 bridgehead atoms. The van der Waals surface area contributed by atoms with Gasteiger partial charge in [0.05, 0.1) is 0 Å². The molecular formula is C16H22ClN3O. The predicted molar refractivity (Wildman–Crippen MR) is 87.5 cm³/mol. The molecule has 4 nitrogen and oxygen atoms in total. The Balaban J connectivity index is 1.79. The molecular weight excluding hydrogens is 286 g/mol. The number of H-pyrrole nitrogens is 1. The van der Waals surface area contributed by atoms with Crippen LogP contribution in [0.4, 0.5) is 0 Å². The van der Waals surface area contributed by atoms with Crippen molar-refractivity contribution in [3.8, 4) is 0 Å². The first-order valence-corrected chi connectivity index (χ1v) is 7.73. The fourth-order valence-electron chi connectivity index (χ4n) is 2.18. The quantitative estimate of drug-likeness (QED) is 0.688. The number of benzene rings is 1. The molecule has 21 heavy (non-hydrogen) atoms. The summed E-state index contributed by atoms with van der Waals surface area (Å²) in [5.74, 6) is 0.0996. The lowest BCUT2D eigenvalue weighted by atomic mass is 10.2. The van der Waals surface area contributed by atoms with Crippen molar-refractivity contribution in [2.24, 2.45) is 0 Å². The highest BCUT2D eigenvalue weighted by Crippen LogP contribution is 2.21. The van der Waals surface area contributed by atoms with Crippen LogP contribution < -0.4 is 10.6 Å². The van der Waals surface area contributed by atoms with Gasteiger partial charge in [-0.3, -0.25) is 4.79 Å². The summed E-state index contributed by atoms with van der Waals surface area (Å²) in [6.07, 6.45) is 3.43. The number of rotatable bonds is 7. The first-order chi connectivity index (χ1) is 10.1. The van der Waals surface area contributed by atoms with E-state index in [1.165, 1.54) is 5.56 Å². The molecule has 0 saturated heterocycles. The van der Waals surface area contributed by atoms with Crippen molar-refractivity contribution in [2.45, 2.75) is 39.3 Å². The van der Waals surface area contributed by atoms with Crippen molar-refractivity contribution in [3.63, 3.8) is 0 Å². The Bertz CT molecular complexity index is 609. The van der Waals surface area contributed by atoms with Gasteiger partial charge in [0.1, 0.15) is 0 Å². The summed E-state index contributed by atoms with van der Waals surface area (Å²) in [5, 5.41) is 8.15. The molecule has 3 N–H and O–H groups in total. The van der Waals surface area contributed by atoms with E-state index in [4.69, 9.17) is 11.6 Å². The topological polar surface area (TPSA) is 56.9 Å². The average Bonchev–Trinajstić information content (AvgIpc) is 2.85. The van der Waals surface area contributed by atoms with Crippen LogP contribution in [0.3, 0.4) is 0 Å². The molecule has 0 fully saturated rings. The van der Waals surface area contributed by atoms with E-state index in [1.807, 2.05) is 31.3 Å². The maximum absolute atomic E-state index is 11.7. The Labute approximate surface area is 130 Å². The van der Waals surface area contributed by atoms with Crippen molar-refractivity contribution < 1.29 is 4.79 Å². The van der Waals surface area contributed by atoms with E-state index < -0.39 is 0 Å². The van der Waals surface area contributed by atoms with Crippen LogP contribution in [0, 0.1) is 0 Å². The van der Waals surface area contributed by atoms with Gasteiger partial charge in [0, 0.05) is 47.7 Å². The molecule has 0 aliphatic rings. The number of fused-ring (bicyclic) bond motifs is 1. The number of aromatic nitrogens is 1. The first-order valence-electron chi connectivity index (χ1n) is 7.35. The van der Waals surface area contributed by atoms with Crippen molar-refractivity contribution >= 4 is 28.4 Å². The normalized spacial score (nSPS) is 12.5. The number of hydrogen-bond donors (Lipinski definition) is 3. The van der Waals surface area contributed by atoms with Gasteiger partial charge in [-0.1, -0.05) is 24.6 Å². The van der Waals surface area contributed by atoms with E-state index in [0.717, 1.165) is 28.9 Å². The van der Waals surface area contributed by atoms with E-state index >= 15 is 0 Å². The molecule has 1 aromatic heterocycles. The number of aromatic amines is 1. The highest BCUT2D eigenvalue weighted by Gasteiger charge is 2.06. The number of hydrogen-bond acceptors (Lipinski definition) is 2. The minimum Gasteiger partial charge on any atom is -0.361 e. The van der Waals surface area contributed by atoms with Crippen molar-refractivity contribution in [1.29, 1.82) is 0 Å². The van der Waals surface area contributed by atoms with Gasteiger partial charge < -0.3 is 15.6 Å². The molecule has 0 aliphatic heterocycles. The summed E-state index contributed by atoms with van der Waals surface area (Å²) in [6.45, 7) is 5.48. The first kappa shape index (κ1) is 15.9. The smallest absolute Gasteiger partial charge is 0.221 e. The Hall–Kier alpha value is -1.52. The van der Waals surface area contributed by atoms with Crippen molar-refractivity contribution in [1.82, 2.24) is 15.6 Å². The van der Waals surface area contributed by atoms with Gasteiger partial charge in [-0.2, -0.15) is 0 Å². The minimum atomic E-state index is 0.0996. The second-order valence-electron chi connectivity index (χ2n) is 5.31. The van der Waals surface area contributed by atoms with E-state index in [1.54, 1.807) is 0 Å². The molecule has 1 atom stereocenters. The van der Waals surface area contributed by atoms with Crippen LogP contribution in [0.25, 0.3) is 10.9 Å². The zero-order valence-electron chi connectivity index (χ0n) is 12.5. The Morgan fingerprint density at radius 2 is 2.24 bits per heavy atom. The fraction of sp³-hybridized carbons (Fsp3) is 0.438. The second-order valence-corrected chi connectivity index (χ2v) is 5.74. The van der Waals surface area contributed by atoms with Gasteiger partial charge in [-0.05, 0) is 31.0 Å². The van der Waals surface area contributed by atoms with Gasteiger partial charge in [-0.25, -0.2) is 0 Å². The monoisotopic (exact) mass is 307 g/mol. The Morgan fingerprint density at radius 1 is 1.43 bits per heavy atom. The Kier molecular flexibility index (Phi) is 5.65. The summed E-state index contributed by atoms with van der Waals surface area (Å²) in [7, 11) is 0. The molecule has 0 saturated carbocycles. The standard InChI is InChI=1S/C16H22ClN3O/c1-3-11(2)20-16(21)6-7-18-9-12-10-19-15-8-13(17)4-5-14(12)15/h4-5,8,10-11,18-19H,3,6-7,9H2,1-2H3,(H,20,21). The SMILES string of the molecule is CCC(C)NC(=O)CCNCc1c[nH]c2cc(Cl)ccc12. The molecule has 0 radical (unpaired) electrons. The molecule has 2 rings (SSSR count). The summed E-state index contributed by atoms with van der Waals surface area (Å²) in [4.78, 5) is 14.9. The summed E-state index contributed by atoms with van der Waals surface area (Å²) < 4.78 is 0. The minimum absolute atomic E-state index is 0.0996. The molecule has 114 valence electrons. The number of carbonyl (C=O) groups is 1. The third kappa shape index (κ3) is 4.48. The van der Waals surface area contributed by atoms with Gasteiger partial charge in [-0.15, -0.1) is 0 Å².